The van der Waals surface area contributed by atoms with Crippen molar-refractivity contribution >= 4 is 6.09 Å². The van der Waals surface area contributed by atoms with Crippen molar-refractivity contribution in [1.82, 2.24) is 10.2 Å². The topological polar surface area (TPSA) is 41.6 Å². The van der Waals surface area contributed by atoms with Crippen molar-refractivity contribution in [2.45, 2.75) is 71.6 Å². The van der Waals surface area contributed by atoms with Crippen LogP contribution in [0.3, 0.4) is 0 Å². The Balaban J connectivity index is 2.51. The average Bonchev–Trinajstić information content (AvgIpc) is 2.63. The maximum Gasteiger partial charge on any atom is 0.410 e. The van der Waals surface area contributed by atoms with Gasteiger partial charge >= 0.3 is 6.09 Å². The molecule has 1 N–H and O–H groups in total. The SMILES string of the molecule is CCNC(C)CC1CCCN1C(=O)OC(C)(C)C. The third-order valence-corrected chi connectivity index (χ3v) is 3.18. The average molecular weight is 256 g/mol. The first-order chi connectivity index (χ1) is 8.33. The van der Waals surface area contributed by atoms with Gasteiger partial charge in [-0.1, -0.05) is 6.92 Å². The summed E-state index contributed by atoms with van der Waals surface area (Å²) < 4.78 is 5.46. The van der Waals surface area contributed by atoms with Crippen molar-refractivity contribution in [1.29, 1.82) is 0 Å². The van der Waals surface area contributed by atoms with E-state index in [1.165, 1.54) is 0 Å². The first kappa shape index (κ1) is 15.3. The van der Waals surface area contributed by atoms with Crippen LogP contribution in [-0.2, 0) is 4.74 Å². The number of likely N-dealkylation sites (tertiary alicyclic amines) is 1. The molecule has 0 aliphatic carbocycles. The highest BCUT2D eigenvalue weighted by Gasteiger charge is 2.32. The summed E-state index contributed by atoms with van der Waals surface area (Å²) in [5.74, 6) is 0. The van der Waals surface area contributed by atoms with Crippen LogP contribution < -0.4 is 5.32 Å². The molecule has 4 heteroatoms. The van der Waals surface area contributed by atoms with E-state index in [0.29, 0.717) is 12.1 Å². The van der Waals surface area contributed by atoms with Crippen LogP contribution in [0.4, 0.5) is 4.79 Å². The highest BCUT2D eigenvalue weighted by atomic mass is 16.6. The standard InChI is InChI=1S/C14H28N2O2/c1-6-15-11(2)10-12-8-7-9-16(12)13(17)18-14(3,4)5/h11-12,15H,6-10H2,1-5H3. The van der Waals surface area contributed by atoms with E-state index in [2.05, 4.69) is 19.2 Å². The number of nitrogens with one attached hydrogen (secondary N) is 1. The zero-order valence-electron chi connectivity index (χ0n) is 12.5. The van der Waals surface area contributed by atoms with E-state index in [1.54, 1.807) is 0 Å². The lowest BCUT2D eigenvalue weighted by Crippen LogP contribution is -2.42. The van der Waals surface area contributed by atoms with Crippen molar-refractivity contribution in [2.24, 2.45) is 0 Å². The Hall–Kier alpha value is -0.770. The fraction of sp³-hybridized carbons (Fsp3) is 0.929. The Morgan fingerprint density at radius 2 is 2.17 bits per heavy atom. The van der Waals surface area contributed by atoms with E-state index < -0.39 is 5.60 Å². The van der Waals surface area contributed by atoms with Crippen LogP contribution in [0.1, 0.15) is 53.9 Å². The minimum Gasteiger partial charge on any atom is -0.444 e. The number of hydrogen-bond acceptors (Lipinski definition) is 3. The second-order valence-electron chi connectivity index (χ2n) is 6.16. The van der Waals surface area contributed by atoms with Gasteiger partial charge in [-0.05, 0) is 53.5 Å². The number of hydrogen-bond donors (Lipinski definition) is 1. The fourth-order valence-electron chi connectivity index (χ4n) is 2.48. The number of ether oxygens (including phenoxy) is 1. The normalized spacial score (nSPS) is 22.1. The number of nitrogens with zero attached hydrogens (tertiary/aromatic N) is 1. The minimum absolute atomic E-state index is 0.159. The summed E-state index contributed by atoms with van der Waals surface area (Å²) in [7, 11) is 0. The van der Waals surface area contributed by atoms with Crippen LogP contribution in [0.2, 0.25) is 0 Å². The largest absolute Gasteiger partial charge is 0.444 e. The molecule has 0 spiro atoms. The van der Waals surface area contributed by atoms with Gasteiger partial charge in [-0.2, -0.15) is 0 Å². The molecule has 2 unspecified atom stereocenters. The molecule has 0 aromatic heterocycles. The monoisotopic (exact) mass is 256 g/mol. The van der Waals surface area contributed by atoms with Gasteiger partial charge in [-0.25, -0.2) is 4.79 Å². The van der Waals surface area contributed by atoms with Crippen LogP contribution in [0.5, 0.6) is 0 Å². The molecule has 1 fully saturated rings. The molecule has 0 aromatic rings. The lowest BCUT2D eigenvalue weighted by atomic mass is 10.1. The third-order valence-electron chi connectivity index (χ3n) is 3.18. The fourth-order valence-corrected chi connectivity index (χ4v) is 2.48. The number of carbonyl (C=O) groups excluding carboxylic acids is 1. The molecule has 1 aliphatic rings. The summed E-state index contributed by atoms with van der Waals surface area (Å²) in [6.07, 6.45) is 3.03. The quantitative estimate of drug-likeness (QED) is 0.841. The van der Waals surface area contributed by atoms with E-state index in [0.717, 1.165) is 32.4 Å². The summed E-state index contributed by atoms with van der Waals surface area (Å²) in [6.45, 7) is 11.8. The Morgan fingerprint density at radius 1 is 1.50 bits per heavy atom. The van der Waals surface area contributed by atoms with Gasteiger partial charge in [0.05, 0.1) is 0 Å². The van der Waals surface area contributed by atoms with Crippen molar-refractivity contribution in [3.05, 3.63) is 0 Å². The Morgan fingerprint density at radius 3 is 2.72 bits per heavy atom. The van der Waals surface area contributed by atoms with Crippen LogP contribution in [-0.4, -0.2) is 41.8 Å². The summed E-state index contributed by atoms with van der Waals surface area (Å²) >= 11 is 0. The predicted octanol–water partition coefficient (Wildman–Crippen LogP) is 2.77. The highest BCUT2D eigenvalue weighted by molar-refractivity contribution is 5.68. The summed E-state index contributed by atoms with van der Waals surface area (Å²) in [5.41, 5.74) is -0.405. The molecule has 1 rings (SSSR count). The van der Waals surface area contributed by atoms with Gasteiger partial charge in [0, 0.05) is 18.6 Å². The van der Waals surface area contributed by atoms with Crippen molar-refractivity contribution in [2.75, 3.05) is 13.1 Å². The van der Waals surface area contributed by atoms with Gasteiger partial charge in [0.2, 0.25) is 0 Å². The van der Waals surface area contributed by atoms with Gasteiger partial charge in [0.1, 0.15) is 5.60 Å². The first-order valence-corrected chi connectivity index (χ1v) is 7.06. The number of rotatable bonds is 4. The molecule has 0 aromatic carbocycles. The molecule has 1 aliphatic heterocycles. The minimum atomic E-state index is -0.405. The van der Waals surface area contributed by atoms with E-state index in [9.17, 15) is 4.79 Å². The first-order valence-electron chi connectivity index (χ1n) is 7.06. The van der Waals surface area contributed by atoms with Gasteiger partial charge in [0.25, 0.3) is 0 Å². The second-order valence-corrected chi connectivity index (χ2v) is 6.16. The molecule has 0 bridgehead atoms. The molecule has 0 radical (unpaired) electrons. The third kappa shape index (κ3) is 4.84. The molecule has 106 valence electrons. The summed E-state index contributed by atoms with van der Waals surface area (Å²) in [6, 6.07) is 0.775. The summed E-state index contributed by atoms with van der Waals surface area (Å²) in [5, 5.41) is 3.40. The van der Waals surface area contributed by atoms with E-state index in [4.69, 9.17) is 4.74 Å². The van der Waals surface area contributed by atoms with Crippen molar-refractivity contribution in [3.63, 3.8) is 0 Å². The lowest BCUT2D eigenvalue weighted by Gasteiger charge is -2.30. The molecule has 0 saturated carbocycles. The van der Waals surface area contributed by atoms with Crippen LogP contribution in [0.15, 0.2) is 0 Å². The molecule has 2 atom stereocenters. The van der Waals surface area contributed by atoms with Crippen LogP contribution in [0.25, 0.3) is 0 Å². The van der Waals surface area contributed by atoms with Gasteiger partial charge in [-0.3, -0.25) is 0 Å². The van der Waals surface area contributed by atoms with Crippen LogP contribution >= 0.6 is 0 Å². The molecule has 18 heavy (non-hydrogen) atoms. The Labute approximate surface area is 111 Å². The van der Waals surface area contributed by atoms with Crippen molar-refractivity contribution < 1.29 is 9.53 Å². The molecule has 1 heterocycles. The zero-order chi connectivity index (χ0) is 13.8. The Bertz CT molecular complexity index is 273. The highest BCUT2D eigenvalue weighted by Crippen LogP contribution is 2.23. The smallest absolute Gasteiger partial charge is 0.410 e. The maximum absolute atomic E-state index is 12.1. The number of carbonyl (C=O) groups is 1. The second kappa shape index (κ2) is 6.41. The predicted molar refractivity (Wildman–Crippen MR) is 73.7 cm³/mol. The van der Waals surface area contributed by atoms with Crippen LogP contribution in [0, 0.1) is 0 Å². The molecule has 1 saturated heterocycles. The van der Waals surface area contributed by atoms with E-state index in [-0.39, 0.29) is 6.09 Å². The molecule has 4 nitrogen and oxygen atoms in total. The molecule has 1 amide bonds. The zero-order valence-corrected chi connectivity index (χ0v) is 12.5. The van der Waals surface area contributed by atoms with Gasteiger partial charge in [0.15, 0.2) is 0 Å². The van der Waals surface area contributed by atoms with Crippen molar-refractivity contribution in [3.8, 4) is 0 Å². The van der Waals surface area contributed by atoms with Gasteiger partial charge in [-0.15, -0.1) is 0 Å². The maximum atomic E-state index is 12.1. The van der Waals surface area contributed by atoms with Gasteiger partial charge < -0.3 is 15.0 Å². The summed E-state index contributed by atoms with van der Waals surface area (Å²) in [4.78, 5) is 14.0. The Kier molecular flexibility index (Phi) is 5.45. The van der Waals surface area contributed by atoms with E-state index >= 15 is 0 Å². The van der Waals surface area contributed by atoms with E-state index in [1.807, 2.05) is 25.7 Å². The molecular formula is C14H28N2O2. The lowest BCUT2D eigenvalue weighted by molar-refractivity contribution is 0.0215. The molecular weight excluding hydrogens is 228 g/mol. The number of amides is 1.